The van der Waals surface area contributed by atoms with E-state index in [1.54, 1.807) is 5.56 Å². The number of benzene rings is 1. The quantitative estimate of drug-likeness (QED) is 0.693. The van der Waals surface area contributed by atoms with Gasteiger partial charge in [0.2, 0.25) is 0 Å². The van der Waals surface area contributed by atoms with E-state index >= 15 is 0 Å². The van der Waals surface area contributed by atoms with Crippen molar-refractivity contribution in [1.29, 1.82) is 0 Å². The van der Waals surface area contributed by atoms with Crippen LogP contribution in [0.1, 0.15) is 37.7 Å². The molecule has 1 aromatic rings. The minimum absolute atomic E-state index is 0.189. The van der Waals surface area contributed by atoms with E-state index in [0.717, 1.165) is 0 Å². The maximum atomic E-state index is 3.79. The van der Waals surface area contributed by atoms with Crippen molar-refractivity contribution in [2.75, 3.05) is 11.9 Å². The average Bonchev–Trinajstić information content (AvgIpc) is 2.80. The Kier molecular flexibility index (Phi) is 1.59. The molecule has 0 radical (unpaired) electrons. The predicted octanol–water partition coefficient (Wildman–Crippen LogP) is 2.61. The lowest BCUT2D eigenvalue weighted by Gasteiger charge is -2.44. The summed E-state index contributed by atoms with van der Waals surface area (Å²) in [6, 6.07) is 8.91. The van der Waals surface area contributed by atoms with E-state index < -0.39 is 0 Å². The van der Waals surface area contributed by atoms with Gasteiger partial charge in [0, 0.05) is 11.1 Å². The van der Waals surface area contributed by atoms with Gasteiger partial charge in [-0.05, 0) is 43.9 Å². The molecule has 0 amide bonds. The maximum absolute atomic E-state index is 3.79. The van der Waals surface area contributed by atoms with E-state index in [2.05, 4.69) is 34.9 Å². The minimum atomic E-state index is 0.189. The Hall–Kier alpha value is -1.02. The van der Waals surface area contributed by atoms with Crippen LogP contribution in [0.2, 0.25) is 0 Å². The van der Waals surface area contributed by atoms with Gasteiger partial charge in [0.1, 0.15) is 0 Å². The molecule has 4 rings (SSSR count). The van der Waals surface area contributed by atoms with Gasteiger partial charge in [-0.3, -0.25) is 5.32 Å². The third kappa shape index (κ3) is 0.844. The molecule has 2 aliphatic heterocycles. The fraction of sp³-hybridized carbons (Fsp3) is 0.571. The molecule has 1 aromatic carbocycles. The molecule has 1 aliphatic carbocycles. The second-order valence-electron chi connectivity index (χ2n) is 5.54. The van der Waals surface area contributed by atoms with E-state index in [-0.39, 0.29) is 5.66 Å². The zero-order valence-corrected chi connectivity index (χ0v) is 9.55. The van der Waals surface area contributed by atoms with Gasteiger partial charge in [0.15, 0.2) is 0 Å². The Balaban J connectivity index is 1.95. The van der Waals surface area contributed by atoms with Crippen LogP contribution in [-0.2, 0) is 5.41 Å². The lowest BCUT2D eigenvalue weighted by Crippen LogP contribution is -2.57. The highest BCUT2D eigenvalue weighted by Crippen LogP contribution is 2.57. The van der Waals surface area contributed by atoms with Crippen LogP contribution in [0.25, 0.3) is 0 Å². The number of hydrogen-bond donors (Lipinski definition) is 2. The lowest BCUT2D eigenvalue weighted by atomic mass is 9.65. The molecular formula is C14H18N2. The van der Waals surface area contributed by atoms with E-state index in [9.17, 15) is 0 Å². The fourth-order valence-electron chi connectivity index (χ4n) is 4.32. The molecule has 2 heteroatoms. The van der Waals surface area contributed by atoms with Gasteiger partial charge < -0.3 is 5.32 Å². The van der Waals surface area contributed by atoms with Crippen LogP contribution in [0.3, 0.4) is 0 Å². The Morgan fingerprint density at radius 2 is 1.88 bits per heavy atom. The van der Waals surface area contributed by atoms with Gasteiger partial charge in [-0.15, -0.1) is 0 Å². The fourth-order valence-corrected chi connectivity index (χ4v) is 4.32. The molecule has 84 valence electrons. The standard InChI is InChI=1S/C14H18N2/c1-2-6-12-11(5-1)13-7-3-4-8-14(13,16-12)15-10-9-13/h1-2,5-6,15-16H,3-4,7-10H2/t13-,14-/m1/s1. The van der Waals surface area contributed by atoms with Crippen molar-refractivity contribution < 1.29 is 0 Å². The Bertz CT molecular complexity index is 442. The van der Waals surface area contributed by atoms with Crippen LogP contribution in [0.4, 0.5) is 5.69 Å². The lowest BCUT2D eigenvalue weighted by molar-refractivity contribution is 0.195. The summed E-state index contributed by atoms with van der Waals surface area (Å²) in [4.78, 5) is 0. The van der Waals surface area contributed by atoms with Crippen LogP contribution in [0.5, 0.6) is 0 Å². The van der Waals surface area contributed by atoms with Crippen molar-refractivity contribution in [2.45, 2.75) is 43.2 Å². The Morgan fingerprint density at radius 3 is 2.88 bits per heavy atom. The van der Waals surface area contributed by atoms with Crippen molar-refractivity contribution >= 4 is 5.69 Å². The highest BCUT2D eigenvalue weighted by molar-refractivity contribution is 5.65. The Morgan fingerprint density at radius 1 is 1.00 bits per heavy atom. The third-order valence-electron chi connectivity index (χ3n) is 4.99. The Labute approximate surface area is 96.4 Å². The molecule has 0 bridgehead atoms. The first-order valence-electron chi connectivity index (χ1n) is 6.49. The summed E-state index contributed by atoms with van der Waals surface area (Å²) in [5, 5.41) is 7.55. The van der Waals surface area contributed by atoms with Crippen molar-refractivity contribution in [1.82, 2.24) is 5.32 Å². The number of nitrogens with one attached hydrogen (secondary N) is 2. The summed E-state index contributed by atoms with van der Waals surface area (Å²) in [6.07, 6.45) is 6.68. The van der Waals surface area contributed by atoms with Crippen LogP contribution < -0.4 is 10.6 Å². The van der Waals surface area contributed by atoms with E-state index in [1.807, 2.05) is 0 Å². The molecule has 0 aromatic heterocycles. The molecule has 16 heavy (non-hydrogen) atoms. The molecule has 0 spiro atoms. The molecule has 2 nitrogen and oxygen atoms in total. The summed E-state index contributed by atoms with van der Waals surface area (Å²) in [6.45, 7) is 1.17. The second-order valence-corrected chi connectivity index (χ2v) is 5.54. The van der Waals surface area contributed by atoms with Gasteiger partial charge in [-0.25, -0.2) is 0 Å². The largest absolute Gasteiger partial charge is 0.366 e. The number of rotatable bonds is 0. The topological polar surface area (TPSA) is 24.1 Å². The molecule has 3 aliphatic rings. The summed E-state index contributed by atoms with van der Waals surface area (Å²) in [5.41, 5.74) is 3.52. The number of para-hydroxylation sites is 1. The van der Waals surface area contributed by atoms with Gasteiger partial charge in [0.25, 0.3) is 0 Å². The summed E-state index contributed by atoms with van der Waals surface area (Å²) in [7, 11) is 0. The zero-order valence-electron chi connectivity index (χ0n) is 9.55. The number of anilines is 1. The molecule has 2 heterocycles. The smallest absolute Gasteiger partial charge is 0.0981 e. The molecule has 2 atom stereocenters. The highest BCUT2D eigenvalue weighted by atomic mass is 15.3. The first-order valence-corrected chi connectivity index (χ1v) is 6.49. The molecule has 0 unspecified atom stereocenters. The molecule has 2 fully saturated rings. The summed E-state index contributed by atoms with van der Waals surface area (Å²) >= 11 is 0. The van der Waals surface area contributed by atoms with Gasteiger partial charge >= 0.3 is 0 Å². The highest BCUT2D eigenvalue weighted by Gasteiger charge is 2.60. The van der Waals surface area contributed by atoms with Crippen molar-refractivity contribution in [2.24, 2.45) is 0 Å². The molecule has 2 N–H and O–H groups in total. The van der Waals surface area contributed by atoms with Gasteiger partial charge in [-0.1, -0.05) is 24.6 Å². The minimum Gasteiger partial charge on any atom is -0.366 e. The average molecular weight is 214 g/mol. The first kappa shape index (κ1) is 9.06. The van der Waals surface area contributed by atoms with Crippen LogP contribution >= 0.6 is 0 Å². The third-order valence-corrected chi connectivity index (χ3v) is 4.99. The van der Waals surface area contributed by atoms with E-state index in [4.69, 9.17) is 0 Å². The van der Waals surface area contributed by atoms with E-state index in [1.165, 1.54) is 44.3 Å². The monoisotopic (exact) mass is 214 g/mol. The van der Waals surface area contributed by atoms with Crippen molar-refractivity contribution in [3.05, 3.63) is 29.8 Å². The normalized spacial score (nSPS) is 39.8. The zero-order chi connectivity index (χ0) is 10.6. The molecule has 1 saturated heterocycles. The summed E-state index contributed by atoms with van der Waals surface area (Å²) in [5.74, 6) is 0. The maximum Gasteiger partial charge on any atom is 0.0981 e. The predicted molar refractivity (Wildman–Crippen MR) is 65.6 cm³/mol. The summed E-state index contributed by atoms with van der Waals surface area (Å²) < 4.78 is 0. The van der Waals surface area contributed by atoms with Crippen LogP contribution in [0, 0.1) is 0 Å². The molecule has 1 saturated carbocycles. The first-order chi connectivity index (χ1) is 7.86. The van der Waals surface area contributed by atoms with Gasteiger partial charge in [0.05, 0.1) is 5.66 Å². The van der Waals surface area contributed by atoms with Crippen molar-refractivity contribution in [3.8, 4) is 0 Å². The van der Waals surface area contributed by atoms with E-state index in [0.29, 0.717) is 5.41 Å². The van der Waals surface area contributed by atoms with Crippen LogP contribution in [-0.4, -0.2) is 12.2 Å². The van der Waals surface area contributed by atoms with Crippen LogP contribution in [0.15, 0.2) is 24.3 Å². The SMILES string of the molecule is c1ccc2c(c1)N[C@]13CCCC[C@@]21CCN3. The molecular weight excluding hydrogens is 196 g/mol. The number of hydrogen-bond acceptors (Lipinski definition) is 2. The van der Waals surface area contributed by atoms with Gasteiger partial charge in [-0.2, -0.15) is 0 Å². The van der Waals surface area contributed by atoms with Crippen molar-refractivity contribution in [3.63, 3.8) is 0 Å². The second kappa shape index (κ2) is 2.80. The number of fused-ring (bicyclic) bond motifs is 1.